The molecule has 0 amide bonds. The molecule has 0 fully saturated rings. The molecule has 0 aromatic carbocycles. The van der Waals surface area contributed by atoms with Crippen molar-refractivity contribution in [1.29, 1.82) is 0 Å². The van der Waals surface area contributed by atoms with E-state index in [-0.39, 0.29) is 33.9 Å². The first kappa shape index (κ1) is 21.5. The molecular formula is C12H12CoN6O6. The van der Waals surface area contributed by atoms with E-state index in [1.165, 1.54) is 36.8 Å². The standard InChI is InChI=1S/3C4H4N2O2.Co/c3*7-4(8)3-1-2-5-6-3;/h3*1-2H,(H,5,6)(H,7,8);. The van der Waals surface area contributed by atoms with Crippen LogP contribution < -0.4 is 0 Å². The fourth-order valence-corrected chi connectivity index (χ4v) is 1.12. The summed E-state index contributed by atoms with van der Waals surface area (Å²) in [7, 11) is 0. The van der Waals surface area contributed by atoms with Crippen LogP contribution in [0.1, 0.15) is 31.5 Å². The fraction of sp³-hybridized carbons (Fsp3) is 0. The molecule has 0 aliphatic heterocycles. The van der Waals surface area contributed by atoms with Crippen LogP contribution in [0.5, 0.6) is 0 Å². The van der Waals surface area contributed by atoms with Crippen LogP contribution in [-0.2, 0) is 16.8 Å². The third kappa shape index (κ3) is 8.10. The van der Waals surface area contributed by atoms with E-state index < -0.39 is 17.9 Å². The maximum Gasteiger partial charge on any atom is 0.353 e. The number of carboxylic acid groups (broad SMARTS) is 3. The number of hydrogen-bond donors (Lipinski definition) is 6. The molecule has 25 heavy (non-hydrogen) atoms. The van der Waals surface area contributed by atoms with Gasteiger partial charge in [0.2, 0.25) is 0 Å². The summed E-state index contributed by atoms with van der Waals surface area (Å²) in [6.07, 6.45) is 4.18. The molecule has 0 unspecified atom stereocenters. The Balaban J connectivity index is 0.000000339. The molecule has 13 heteroatoms. The van der Waals surface area contributed by atoms with Crippen LogP contribution in [0.3, 0.4) is 0 Å². The molecular weight excluding hydrogens is 383 g/mol. The van der Waals surface area contributed by atoms with Gasteiger partial charge >= 0.3 is 17.9 Å². The third-order valence-corrected chi connectivity index (χ3v) is 2.19. The Bertz CT molecular complexity index is 651. The minimum Gasteiger partial charge on any atom is -0.477 e. The molecule has 0 aliphatic rings. The summed E-state index contributed by atoms with van der Waals surface area (Å²) in [6, 6.07) is 4.17. The molecule has 3 aromatic rings. The molecule has 0 bridgehead atoms. The number of carboxylic acids is 3. The Hall–Kier alpha value is -3.45. The van der Waals surface area contributed by atoms with Crippen molar-refractivity contribution in [1.82, 2.24) is 30.6 Å². The van der Waals surface area contributed by atoms with Crippen molar-refractivity contribution in [3.63, 3.8) is 0 Å². The fourth-order valence-electron chi connectivity index (χ4n) is 1.12. The van der Waals surface area contributed by atoms with E-state index in [1.807, 2.05) is 0 Å². The van der Waals surface area contributed by atoms with Gasteiger partial charge in [0.1, 0.15) is 17.1 Å². The maximum absolute atomic E-state index is 9.99. The maximum atomic E-state index is 9.99. The number of nitrogens with zero attached hydrogens (tertiary/aromatic N) is 3. The van der Waals surface area contributed by atoms with Gasteiger partial charge in [-0.05, 0) is 18.2 Å². The summed E-state index contributed by atoms with van der Waals surface area (Å²) in [5.41, 5.74) is 0.347. The molecule has 0 saturated carbocycles. The second-order valence-electron chi connectivity index (χ2n) is 3.83. The van der Waals surface area contributed by atoms with Gasteiger partial charge in [-0.3, -0.25) is 15.3 Å². The first-order valence-corrected chi connectivity index (χ1v) is 6.09. The molecule has 3 heterocycles. The Morgan fingerprint density at radius 1 is 0.640 bits per heavy atom. The zero-order valence-electron chi connectivity index (χ0n) is 12.2. The molecule has 3 rings (SSSR count). The van der Waals surface area contributed by atoms with Crippen molar-refractivity contribution in [3.8, 4) is 0 Å². The zero-order valence-corrected chi connectivity index (χ0v) is 13.2. The van der Waals surface area contributed by atoms with Crippen LogP contribution in [0.4, 0.5) is 0 Å². The minimum atomic E-state index is -0.984. The van der Waals surface area contributed by atoms with Crippen LogP contribution >= 0.6 is 0 Å². The van der Waals surface area contributed by atoms with Gasteiger partial charge in [0.05, 0.1) is 0 Å². The molecule has 6 N–H and O–H groups in total. The molecule has 0 aliphatic carbocycles. The average molecular weight is 395 g/mol. The van der Waals surface area contributed by atoms with Crippen molar-refractivity contribution in [3.05, 3.63) is 53.9 Å². The first-order chi connectivity index (χ1) is 11.4. The summed E-state index contributed by atoms with van der Waals surface area (Å²) in [6.45, 7) is 0. The van der Waals surface area contributed by atoms with E-state index in [1.54, 1.807) is 0 Å². The van der Waals surface area contributed by atoms with Crippen LogP contribution in [0.15, 0.2) is 36.8 Å². The largest absolute Gasteiger partial charge is 0.477 e. The van der Waals surface area contributed by atoms with Gasteiger partial charge in [-0.1, -0.05) is 0 Å². The van der Waals surface area contributed by atoms with Gasteiger partial charge in [-0.2, -0.15) is 15.3 Å². The minimum absolute atomic E-state index is 0. The van der Waals surface area contributed by atoms with E-state index in [0.717, 1.165) is 0 Å². The van der Waals surface area contributed by atoms with Crippen molar-refractivity contribution in [2.75, 3.05) is 0 Å². The third-order valence-electron chi connectivity index (χ3n) is 2.19. The van der Waals surface area contributed by atoms with Crippen molar-refractivity contribution < 1.29 is 46.5 Å². The Labute approximate surface area is 149 Å². The quantitative estimate of drug-likeness (QED) is 0.361. The predicted molar refractivity (Wildman–Crippen MR) is 76.6 cm³/mol. The number of carbonyl (C=O) groups is 3. The van der Waals surface area contributed by atoms with Gasteiger partial charge in [-0.25, -0.2) is 14.4 Å². The zero-order chi connectivity index (χ0) is 17.9. The topological polar surface area (TPSA) is 198 Å². The summed E-state index contributed by atoms with van der Waals surface area (Å²) < 4.78 is 0. The molecule has 1 radical (unpaired) electrons. The van der Waals surface area contributed by atoms with E-state index in [4.69, 9.17) is 15.3 Å². The SMILES string of the molecule is O=C(O)c1ccn[nH]1.O=C(O)c1ccn[nH]1.O=C(O)c1ccn[nH]1.[Co]. The Morgan fingerprint density at radius 3 is 0.960 bits per heavy atom. The number of aromatic carboxylic acids is 3. The Kier molecular flexibility index (Phi) is 9.60. The van der Waals surface area contributed by atoms with Gasteiger partial charge in [0, 0.05) is 35.4 Å². The average Bonchev–Trinajstić information content (AvgIpc) is 3.29. The molecule has 0 saturated heterocycles. The van der Waals surface area contributed by atoms with E-state index in [2.05, 4.69) is 30.6 Å². The first-order valence-electron chi connectivity index (χ1n) is 6.09. The van der Waals surface area contributed by atoms with Crippen LogP contribution in [0.2, 0.25) is 0 Å². The van der Waals surface area contributed by atoms with Gasteiger partial charge in [-0.15, -0.1) is 0 Å². The molecule has 0 atom stereocenters. The molecule has 0 spiro atoms. The summed E-state index contributed by atoms with van der Waals surface area (Å²) >= 11 is 0. The van der Waals surface area contributed by atoms with Crippen molar-refractivity contribution in [2.24, 2.45) is 0 Å². The van der Waals surface area contributed by atoms with Crippen LogP contribution in [0.25, 0.3) is 0 Å². The number of rotatable bonds is 3. The van der Waals surface area contributed by atoms with Gasteiger partial charge in [0.15, 0.2) is 0 Å². The summed E-state index contributed by atoms with van der Waals surface area (Å²) in [4.78, 5) is 30.0. The van der Waals surface area contributed by atoms with Crippen molar-refractivity contribution in [2.45, 2.75) is 0 Å². The number of hydrogen-bond acceptors (Lipinski definition) is 6. The second-order valence-corrected chi connectivity index (χ2v) is 3.83. The van der Waals surface area contributed by atoms with Crippen LogP contribution in [-0.4, -0.2) is 63.8 Å². The Morgan fingerprint density at radius 2 is 0.880 bits per heavy atom. The van der Waals surface area contributed by atoms with Gasteiger partial charge < -0.3 is 15.3 Å². The number of H-pyrrole nitrogens is 3. The van der Waals surface area contributed by atoms with E-state index >= 15 is 0 Å². The normalized spacial score (nSPS) is 8.64. The number of nitrogens with one attached hydrogen (secondary N) is 3. The van der Waals surface area contributed by atoms with Crippen LogP contribution in [0, 0.1) is 0 Å². The molecule has 135 valence electrons. The summed E-state index contributed by atoms with van der Waals surface area (Å²) in [5, 5.41) is 41.8. The van der Waals surface area contributed by atoms with E-state index in [0.29, 0.717) is 0 Å². The molecule has 3 aromatic heterocycles. The van der Waals surface area contributed by atoms with Gasteiger partial charge in [0.25, 0.3) is 0 Å². The summed E-state index contributed by atoms with van der Waals surface area (Å²) in [5.74, 6) is -2.95. The predicted octanol–water partition coefficient (Wildman–Crippen LogP) is 0.321. The monoisotopic (exact) mass is 395 g/mol. The van der Waals surface area contributed by atoms with Crippen molar-refractivity contribution >= 4 is 17.9 Å². The van der Waals surface area contributed by atoms with E-state index in [9.17, 15) is 14.4 Å². The second kappa shape index (κ2) is 11.1. The smallest absolute Gasteiger partial charge is 0.353 e. The number of aromatic amines is 3. The molecule has 12 nitrogen and oxygen atoms in total. The number of aromatic nitrogens is 6.